The van der Waals surface area contributed by atoms with Gasteiger partial charge in [0.1, 0.15) is 5.69 Å². The van der Waals surface area contributed by atoms with Crippen molar-refractivity contribution in [3.8, 4) is 6.07 Å². The molecule has 1 atom stereocenters. The Labute approximate surface area is 207 Å². The first kappa shape index (κ1) is 22.3. The summed E-state index contributed by atoms with van der Waals surface area (Å²) in [6.07, 6.45) is 10.5. The fourth-order valence-electron chi connectivity index (χ4n) is 6.27. The van der Waals surface area contributed by atoms with Crippen molar-refractivity contribution in [1.82, 2.24) is 4.48 Å². The first-order valence-corrected chi connectivity index (χ1v) is 14.0. The van der Waals surface area contributed by atoms with E-state index in [9.17, 15) is 5.26 Å². The van der Waals surface area contributed by atoms with E-state index in [1.807, 2.05) is 6.07 Å². The van der Waals surface area contributed by atoms with E-state index in [2.05, 4.69) is 61.8 Å². The third-order valence-corrected chi connectivity index (χ3v) is 9.55. The standard InChI is InChI=1S/C29H34N3OS/c1-32(23-13-14-23)24-9-6-10-25(34-2)26(24)31-27(32)29(33-19-21-11-12-21)17-15-28(20-30,16-18-29)22-7-4-3-5-8-22/h3-10,21,23H,11-19H2,1-2H3/q+1. The highest BCUT2D eigenvalue weighted by molar-refractivity contribution is 7.98. The van der Waals surface area contributed by atoms with E-state index in [1.54, 1.807) is 11.8 Å². The van der Waals surface area contributed by atoms with Crippen LogP contribution in [-0.4, -0.2) is 37.4 Å². The van der Waals surface area contributed by atoms with Crippen LogP contribution in [0, 0.1) is 17.2 Å². The molecule has 0 radical (unpaired) electrons. The number of fused-ring (bicyclic) bond motifs is 1. The lowest BCUT2D eigenvalue weighted by Crippen LogP contribution is -2.63. The molecule has 3 saturated carbocycles. The number of thioether (sulfide) groups is 1. The maximum absolute atomic E-state index is 10.3. The van der Waals surface area contributed by atoms with Gasteiger partial charge < -0.3 is 4.74 Å². The predicted molar refractivity (Wildman–Crippen MR) is 140 cm³/mol. The topological polar surface area (TPSA) is 45.4 Å². The van der Waals surface area contributed by atoms with Gasteiger partial charge in [0.25, 0.3) is 0 Å². The second kappa shape index (κ2) is 8.22. The minimum absolute atomic E-state index is 0.399. The lowest BCUT2D eigenvalue weighted by atomic mass is 9.65. The van der Waals surface area contributed by atoms with E-state index >= 15 is 0 Å². The number of quaternary nitrogens is 1. The molecule has 6 rings (SSSR count). The second-order valence-corrected chi connectivity index (χ2v) is 11.7. The third-order valence-electron chi connectivity index (χ3n) is 8.78. The minimum atomic E-state index is -0.437. The summed E-state index contributed by atoms with van der Waals surface area (Å²) < 4.78 is 7.76. The summed E-state index contributed by atoms with van der Waals surface area (Å²) in [5.74, 6) is 1.89. The average molecular weight is 473 g/mol. The molecular weight excluding hydrogens is 438 g/mol. The highest BCUT2D eigenvalue weighted by Crippen LogP contribution is 2.55. The highest BCUT2D eigenvalue weighted by atomic mass is 32.2. The van der Waals surface area contributed by atoms with Gasteiger partial charge in [0, 0.05) is 23.8 Å². The highest BCUT2D eigenvalue weighted by Gasteiger charge is 2.61. The van der Waals surface area contributed by atoms with Crippen molar-refractivity contribution in [2.45, 2.75) is 73.3 Å². The lowest BCUT2D eigenvalue weighted by molar-refractivity contribution is -0.0382. The number of nitriles is 1. The fourth-order valence-corrected chi connectivity index (χ4v) is 6.83. The molecule has 4 aliphatic rings. The summed E-state index contributed by atoms with van der Waals surface area (Å²) in [6.45, 7) is 0.820. The van der Waals surface area contributed by atoms with Crippen molar-refractivity contribution in [1.29, 1.82) is 5.26 Å². The van der Waals surface area contributed by atoms with Crippen molar-refractivity contribution in [2.75, 3.05) is 19.9 Å². The molecule has 3 aliphatic carbocycles. The molecule has 0 spiro atoms. The number of hydrogen-bond donors (Lipinski definition) is 0. The van der Waals surface area contributed by atoms with Crippen LogP contribution in [0.3, 0.4) is 0 Å². The Bertz CT molecular complexity index is 1150. The summed E-state index contributed by atoms with van der Waals surface area (Å²) in [5.41, 5.74) is 2.79. The zero-order valence-corrected chi connectivity index (χ0v) is 21.1. The first-order chi connectivity index (χ1) is 16.5. The average Bonchev–Trinajstić information content (AvgIpc) is 3.81. The predicted octanol–water partition coefficient (Wildman–Crippen LogP) is 6.75. The van der Waals surface area contributed by atoms with Crippen LogP contribution in [0.2, 0.25) is 0 Å². The molecule has 2 aromatic carbocycles. The molecular formula is C29H34N3OS+. The number of ether oxygens (including phenoxy) is 1. The lowest BCUT2D eigenvalue weighted by Gasteiger charge is -2.46. The number of likely N-dealkylation sites (N-methyl/N-ethyl adjacent to an activating group) is 1. The molecule has 1 unspecified atom stereocenters. The zero-order valence-electron chi connectivity index (χ0n) is 20.3. The largest absolute Gasteiger partial charge is 0.362 e. The summed E-state index contributed by atoms with van der Waals surface area (Å²) >= 11 is 1.78. The van der Waals surface area contributed by atoms with Crippen molar-refractivity contribution in [2.24, 2.45) is 10.9 Å². The Kier molecular flexibility index (Phi) is 5.40. The van der Waals surface area contributed by atoms with E-state index in [0.717, 1.165) is 48.0 Å². The molecule has 2 aromatic rings. The van der Waals surface area contributed by atoms with Gasteiger partial charge in [-0.2, -0.15) is 10.3 Å². The summed E-state index contributed by atoms with van der Waals surface area (Å²) in [4.78, 5) is 6.69. The van der Waals surface area contributed by atoms with Crippen LogP contribution < -0.4 is 4.48 Å². The third kappa shape index (κ3) is 3.46. The number of amidine groups is 1. The number of rotatable bonds is 7. The quantitative estimate of drug-likeness (QED) is 0.331. The maximum Gasteiger partial charge on any atom is 0.241 e. The fraction of sp³-hybridized carbons (Fsp3) is 0.517. The van der Waals surface area contributed by atoms with E-state index in [0.29, 0.717) is 12.0 Å². The molecule has 1 heterocycles. The van der Waals surface area contributed by atoms with Gasteiger partial charge in [0.15, 0.2) is 11.3 Å². The van der Waals surface area contributed by atoms with Gasteiger partial charge in [-0.05, 0) is 62.3 Å². The van der Waals surface area contributed by atoms with Gasteiger partial charge in [0.2, 0.25) is 5.84 Å². The molecule has 0 amide bonds. The molecule has 1 aliphatic heterocycles. The van der Waals surface area contributed by atoms with E-state index < -0.39 is 11.0 Å². The van der Waals surface area contributed by atoms with Crippen LogP contribution >= 0.6 is 11.8 Å². The van der Waals surface area contributed by atoms with Gasteiger partial charge in [0.05, 0.1) is 31.2 Å². The van der Waals surface area contributed by atoms with E-state index in [1.165, 1.54) is 42.1 Å². The van der Waals surface area contributed by atoms with Crippen LogP contribution in [0.25, 0.3) is 0 Å². The van der Waals surface area contributed by atoms with Gasteiger partial charge in [-0.25, -0.2) is 4.48 Å². The number of para-hydroxylation sites is 1. The van der Waals surface area contributed by atoms with E-state index in [-0.39, 0.29) is 0 Å². The Morgan fingerprint density at radius 2 is 1.76 bits per heavy atom. The van der Waals surface area contributed by atoms with E-state index in [4.69, 9.17) is 9.73 Å². The Morgan fingerprint density at radius 3 is 2.38 bits per heavy atom. The molecule has 176 valence electrons. The Morgan fingerprint density at radius 1 is 1.03 bits per heavy atom. The van der Waals surface area contributed by atoms with Crippen molar-refractivity contribution >= 4 is 29.0 Å². The number of hydrogen-bond acceptors (Lipinski definition) is 4. The smallest absolute Gasteiger partial charge is 0.241 e. The van der Waals surface area contributed by atoms with Gasteiger partial charge in [-0.1, -0.05) is 36.4 Å². The molecule has 0 N–H and O–H groups in total. The molecule has 3 fully saturated rings. The SMILES string of the molecule is CSc1cccc2c1N=C(C1(OCC3CC3)CCC(C#N)(c3ccccc3)CC1)[N+]2(C)C1CC1. The van der Waals surface area contributed by atoms with Crippen LogP contribution in [0.1, 0.15) is 56.9 Å². The molecule has 0 saturated heterocycles. The minimum Gasteiger partial charge on any atom is -0.362 e. The number of benzene rings is 2. The molecule has 4 nitrogen and oxygen atoms in total. The first-order valence-electron chi connectivity index (χ1n) is 12.8. The summed E-state index contributed by atoms with van der Waals surface area (Å²) in [5, 5.41) is 10.3. The van der Waals surface area contributed by atoms with Crippen LogP contribution in [0.15, 0.2) is 58.4 Å². The van der Waals surface area contributed by atoms with Crippen molar-refractivity contribution in [3.05, 3.63) is 54.1 Å². The van der Waals surface area contributed by atoms with Crippen LogP contribution in [0.4, 0.5) is 11.4 Å². The Balaban J connectivity index is 1.41. The number of nitrogens with zero attached hydrogens (tertiary/aromatic N) is 3. The van der Waals surface area contributed by atoms with Gasteiger partial charge >= 0.3 is 0 Å². The monoisotopic (exact) mass is 472 g/mol. The Hall–Kier alpha value is -2.13. The van der Waals surface area contributed by atoms with Crippen molar-refractivity contribution < 1.29 is 4.74 Å². The molecule has 5 heteroatoms. The molecule has 0 bridgehead atoms. The van der Waals surface area contributed by atoms with Gasteiger partial charge in [-0.3, -0.25) is 0 Å². The number of aliphatic imine (C=N–C) groups is 1. The maximum atomic E-state index is 10.3. The molecule has 0 aromatic heterocycles. The summed E-state index contributed by atoms with van der Waals surface area (Å²) in [7, 11) is 2.37. The van der Waals surface area contributed by atoms with Gasteiger partial charge in [-0.15, -0.1) is 11.8 Å². The molecule has 34 heavy (non-hydrogen) atoms. The second-order valence-electron chi connectivity index (χ2n) is 10.9. The van der Waals surface area contributed by atoms with Crippen LogP contribution in [-0.2, 0) is 10.2 Å². The normalized spacial score (nSPS) is 32.7. The zero-order chi connectivity index (χ0) is 23.4. The van der Waals surface area contributed by atoms with Crippen molar-refractivity contribution in [3.63, 3.8) is 0 Å². The summed E-state index contributed by atoms with van der Waals surface area (Å²) in [6, 6.07) is 20.4. The van der Waals surface area contributed by atoms with Crippen LogP contribution in [0.5, 0.6) is 0 Å².